The molecule has 4 heterocycles. The first kappa shape index (κ1) is 20.5. The van der Waals surface area contributed by atoms with Crippen LogP contribution in [-0.4, -0.2) is 58.8 Å². The van der Waals surface area contributed by atoms with E-state index in [9.17, 15) is 8.42 Å². The number of aryl methyl sites for hydroxylation is 1. The van der Waals surface area contributed by atoms with Crippen LogP contribution < -0.4 is 9.62 Å². The maximum atomic E-state index is 13.0. The number of sulfonamides is 1. The first-order chi connectivity index (χ1) is 15.3. The van der Waals surface area contributed by atoms with Gasteiger partial charge in [0.15, 0.2) is 5.82 Å². The lowest BCUT2D eigenvalue weighted by Gasteiger charge is -2.48. The summed E-state index contributed by atoms with van der Waals surface area (Å²) in [4.78, 5) is 6.56. The Morgan fingerprint density at radius 3 is 2.75 bits per heavy atom. The van der Waals surface area contributed by atoms with Gasteiger partial charge < -0.3 is 9.64 Å². The summed E-state index contributed by atoms with van der Waals surface area (Å²) in [6, 6.07) is 9.16. The van der Waals surface area contributed by atoms with Gasteiger partial charge >= 0.3 is 0 Å². The topological polar surface area (TPSA) is 107 Å². The van der Waals surface area contributed by atoms with Crippen LogP contribution in [0.3, 0.4) is 0 Å². The average molecular weight is 454 g/mol. The summed E-state index contributed by atoms with van der Waals surface area (Å²) in [6.45, 7) is 3.61. The molecule has 166 valence electrons. The van der Waals surface area contributed by atoms with E-state index in [1.54, 1.807) is 43.4 Å². The van der Waals surface area contributed by atoms with E-state index in [0.717, 1.165) is 24.2 Å². The molecule has 1 N–H and O–H groups in total. The predicted octanol–water partition coefficient (Wildman–Crippen LogP) is 2.18. The van der Waals surface area contributed by atoms with Crippen molar-refractivity contribution in [2.75, 3.05) is 29.8 Å². The summed E-state index contributed by atoms with van der Waals surface area (Å²) < 4.78 is 37.3. The minimum Gasteiger partial charge on any atom is -0.375 e. The highest BCUT2D eigenvalue weighted by atomic mass is 32.2. The average Bonchev–Trinajstić information content (AvgIpc) is 3.40. The third-order valence-corrected chi connectivity index (χ3v) is 7.07. The van der Waals surface area contributed by atoms with Crippen molar-refractivity contribution in [2.45, 2.75) is 17.4 Å². The minimum absolute atomic E-state index is 0.0415. The van der Waals surface area contributed by atoms with E-state index >= 15 is 0 Å². The molecule has 32 heavy (non-hydrogen) atoms. The van der Waals surface area contributed by atoms with Crippen molar-refractivity contribution in [2.24, 2.45) is 7.05 Å². The summed E-state index contributed by atoms with van der Waals surface area (Å²) in [6.07, 6.45) is 6.14. The lowest BCUT2D eigenvalue weighted by molar-refractivity contribution is -0.0167. The van der Waals surface area contributed by atoms with Crippen molar-refractivity contribution in [3.8, 4) is 5.82 Å². The summed E-state index contributed by atoms with van der Waals surface area (Å²) in [5, 5.41) is 9.27. The molecule has 0 unspecified atom stereocenters. The van der Waals surface area contributed by atoms with Crippen LogP contribution in [0.2, 0.25) is 0 Å². The number of fused-ring (bicyclic) bond motifs is 1. The van der Waals surface area contributed by atoms with E-state index in [2.05, 4.69) is 31.7 Å². The van der Waals surface area contributed by atoms with Gasteiger partial charge in [-0.15, -0.1) is 0 Å². The number of nitrogens with zero attached hydrogens (tertiary/aromatic N) is 6. The van der Waals surface area contributed by atoms with Crippen LogP contribution in [0.4, 0.5) is 11.4 Å². The van der Waals surface area contributed by atoms with E-state index in [0.29, 0.717) is 17.0 Å². The molecule has 0 radical (unpaired) electrons. The number of ether oxygens (including phenoxy) is 1. The highest BCUT2D eigenvalue weighted by Gasteiger charge is 2.39. The molecule has 10 nitrogen and oxygen atoms in total. The number of methoxy groups -OCH3 is 1. The fourth-order valence-electron chi connectivity index (χ4n) is 3.89. The van der Waals surface area contributed by atoms with E-state index in [1.165, 1.54) is 17.1 Å². The molecule has 4 aromatic rings. The third-order valence-electron chi connectivity index (χ3n) is 5.75. The number of benzene rings is 1. The predicted molar refractivity (Wildman–Crippen MR) is 121 cm³/mol. The lowest BCUT2D eigenvalue weighted by atomic mass is 9.96. The molecule has 0 atom stereocenters. The summed E-state index contributed by atoms with van der Waals surface area (Å²) in [5.41, 5.74) is 1.98. The summed E-state index contributed by atoms with van der Waals surface area (Å²) in [7, 11) is -0.374. The van der Waals surface area contributed by atoms with Gasteiger partial charge in [0.25, 0.3) is 10.0 Å². The number of anilines is 2. The number of hydrogen-bond donors (Lipinski definition) is 1. The Balaban J connectivity index is 1.40. The van der Waals surface area contributed by atoms with Gasteiger partial charge in [-0.05, 0) is 19.1 Å². The Labute approximate surface area is 185 Å². The maximum Gasteiger partial charge on any atom is 0.265 e. The van der Waals surface area contributed by atoms with Crippen molar-refractivity contribution in [3.63, 3.8) is 0 Å². The van der Waals surface area contributed by atoms with Crippen LogP contribution in [0, 0.1) is 0 Å². The molecule has 1 fully saturated rings. The molecule has 1 aliphatic rings. The van der Waals surface area contributed by atoms with Gasteiger partial charge in [0.1, 0.15) is 4.90 Å². The molecule has 1 saturated heterocycles. The molecule has 3 aromatic heterocycles. The Hall–Kier alpha value is -3.44. The summed E-state index contributed by atoms with van der Waals surface area (Å²) in [5.74, 6) is 0.531. The molecule has 0 aliphatic carbocycles. The SMILES string of the molecule is COC1(C)CN(c2ccnc(-n3cc(S(=O)(=O)Nc4cccc5cnn(C)c45)cn3)c2)C1. The van der Waals surface area contributed by atoms with Crippen LogP contribution in [0.5, 0.6) is 0 Å². The molecule has 0 spiro atoms. The van der Waals surface area contributed by atoms with Crippen molar-refractivity contribution < 1.29 is 13.2 Å². The molecule has 0 saturated carbocycles. The largest absolute Gasteiger partial charge is 0.375 e. The first-order valence-corrected chi connectivity index (χ1v) is 11.5. The number of pyridine rings is 1. The first-order valence-electron chi connectivity index (χ1n) is 10.0. The van der Waals surface area contributed by atoms with Crippen molar-refractivity contribution in [1.82, 2.24) is 24.5 Å². The van der Waals surface area contributed by atoms with Crippen LogP contribution in [-0.2, 0) is 21.8 Å². The normalized spacial score (nSPS) is 15.7. The van der Waals surface area contributed by atoms with Crippen LogP contribution >= 0.6 is 0 Å². The highest BCUT2D eigenvalue weighted by Crippen LogP contribution is 2.30. The summed E-state index contributed by atoms with van der Waals surface area (Å²) >= 11 is 0. The molecule has 11 heteroatoms. The Morgan fingerprint density at radius 2 is 1.97 bits per heavy atom. The van der Waals surface area contributed by atoms with Gasteiger partial charge in [0.2, 0.25) is 0 Å². The van der Waals surface area contributed by atoms with E-state index in [-0.39, 0.29) is 10.5 Å². The maximum absolute atomic E-state index is 13.0. The van der Waals surface area contributed by atoms with Gasteiger partial charge in [0, 0.05) is 50.6 Å². The molecule has 1 aromatic carbocycles. The van der Waals surface area contributed by atoms with Crippen LogP contribution in [0.15, 0.2) is 60.0 Å². The zero-order valence-electron chi connectivity index (χ0n) is 17.9. The zero-order chi connectivity index (χ0) is 22.5. The van der Waals surface area contributed by atoms with Crippen LogP contribution in [0.25, 0.3) is 16.7 Å². The highest BCUT2D eigenvalue weighted by molar-refractivity contribution is 7.92. The van der Waals surface area contributed by atoms with Crippen molar-refractivity contribution in [1.29, 1.82) is 0 Å². The smallest absolute Gasteiger partial charge is 0.265 e. The minimum atomic E-state index is -3.85. The van der Waals surface area contributed by atoms with Gasteiger partial charge in [-0.1, -0.05) is 12.1 Å². The molecule has 1 aliphatic heterocycles. The number of aromatic nitrogens is 5. The van der Waals surface area contributed by atoms with Gasteiger partial charge in [-0.2, -0.15) is 10.2 Å². The molecule has 5 rings (SSSR count). The molecular formula is C21H23N7O3S. The van der Waals surface area contributed by atoms with Gasteiger partial charge in [-0.3, -0.25) is 9.40 Å². The Kier molecular flexibility index (Phi) is 4.68. The molecule has 0 amide bonds. The fraction of sp³-hybridized carbons (Fsp3) is 0.286. The molecule has 0 bridgehead atoms. The number of rotatable bonds is 6. The van der Waals surface area contributed by atoms with Crippen molar-refractivity contribution in [3.05, 3.63) is 55.1 Å². The van der Waals surface area contributed by atoms with Gasteiger partial charge in [-0.25, -0.2) is 18.1 Å². The number of hydrogen-bond acceptors (Lipinski definition) is 7. The quantitative estimate of drug-likeness (QED) is 0.477. The van der Waals surface area contributed by atoms with E-state index in [4.69, 9.17) is 4.74 Å². The lowest BCUT2D eigenvalue weighted by Crippen LogP contribution is -2.61. The monoisotopic (exact) mass is 453 g/mol. The standard InChI is InChI=1S/C21H23N7O3S/c1-21(31-3)13-27(14-21)16-7-8-22-19(9-16)28-12-17(11-24-28)32(29,30)25-18-6-4-5-15-10-23-26(2)20(15)18/h4-12,25H,13-14H2,1-3H3. The second-order valence-electron chi connectivity index (χ2n) is 8.12. The second kappa shape index (κ2) is 7.31. The molecular weight excluding hydrogens is 430 g/mol. The fourth-order valence-corrected chi connectivity index (χ4v) is 4.89. The number of nitrogens with one attached hydrogen (secondary N) is 1. The zero-order valence-corrected chi connectivity index (χ0v) is 18.7. The number of para-hydroxylation sites is 1. The van der Waals surface area contributed by atoms with Gasteiger partial charge in [0.05, 0.1) is 35.4 Å². The van der Waals surface area contributed by atoms with E-state index in [1.807, 2.05) is 18.2 Å². The third kappa shape index (κ3) is 3.49. The van der Waals surface area contributed by atoms with E-state index < -0.39 is 10.0 Å². The Morgan fingerprint density at radius 1 is 1.16 bits per heavy atom. The van der Waals surface area contributed by atoms with Crippen molar-refractivity contribution >= 4 is 32.3 Å². The second-order valence-corrected chi connectivity index (χ2v) is 9.80. The van der Waals surface area contributed by atoms with Crippen LogP contribution in [0.1, 0.15) is 6.92 Å². The Bertz CT molecular complexity index is 1400.